The lowest BCUT2D eigenvalue weighted by Crippen LogP contribution is -2.23. The van der Waals surface area contributed by atoms with Gasteiger partial charge in [-0.3, -0.25) is 0 Å². The van der Waals surface area contributed by atoms with E-state index < -0.39 is 0 Å². The van der Waals surface area contributed by atoms with Crippen LogP contribution in [-0.4, -0.2) is 11.2 Å². The summed E-state index contributed by atoms with van der Waals surface area (Å²) in [5.74, 6) is 2.18. The zero-order valence-electron chi connectivity index (χ0n) is 7.96. The molecule has 2 unspecified atom stereocenters. The highest BCUT2D eigenvalue weighted by molar-refractivity contribution is 5.18. The number of allylic oxidation sites excluding steroid dienone is 2. The monoisotopic (exact) mass is 166 g/mol. The summed E-state index contributed by atoms with van der Waals surface area (Å²) in [4.78, 5) is 0. The smallest absolute Gasteiger partial charge is 0.0546 e. The Morgan fingerprint density at radius 1 is 1.50 bits per heavy atom. The van der Waals surface area contributed by atoms with Crippen molar-refractivity contribution in [2.45, 2.75) is 39.2 Å². The molecule has 2 rings (SSSR count). The van der Waals surface area contributed by atoms with Gasteiger partial charge in [0, 0.05) is 0 Å². The first kappa shape index (κ1) is 8.31. The van der Waals surface area contributed by atoms with Gasteiger partial charge < -0.3 is 5.11 Å². The van der Waals surface area contributed by atoms with Gasteiger partial charge in [0.15, 0.2) is 0 Å². The first-order chi connectivity index (χ1) is 5.72. The van der Waals surface area contributed by atoms with Crippen molar-refractivity contribution in [1.82, 2.24) is 0 Å². The minimum Gasteiger partial charge on any atom is -0.393 e. The maximum absolute atomic E-state index is 9.56. The highest BCUT2D eigenvalue weighted by Gasteiger charge is 2.43. The van der Waals surface area contributed by atoms with Crippen molar-refractivity contribution in [2.24, 2.45) is 17.8 Å². The maximum Gasteiger partial charge on any atom is 0.0546 e. The minimum absolute atomic E-state index is 0.102. The fourth-order valence-electron chi connectivity index (χ4n) is 3.12. The van der Waals surface area contributed by atoms with Crippen molar-refractivity contribution in [3.05, 3.63) is 11.6 Å². The summed E-state index contributed by atoms with van der Waals surface area (Å²) in [6, 6.07) is 0. The fraction of sp³-hybridized carbons (Fsp3) is 0.818. The average molecular weight is 166 g/mol. The Morgan fingerprint density at radius 2 is 2.25 bits per heavy atom. The van der Waals surface area contributed by atoms with Crippen molar-refractivity contribution in [2.75, 3.05) is 0 Å². The van der Waals surface area contributed by atoms with E-state index in [1.54, 1.807) is 5.57 Å². The number of fused-ring (bicyclic) bond motifs is 2. The third-order valence-electron chi connectivity index (χ3n) is 3.70. The standard InChI is InChI=1S/C11H18O/c1-3-9-4-8-5-10(7(2)12)11(9)6-8/h3,7-8,10-12H,4-6H2,1-2H3/t7?,8-,10?,11+/m0/s1. The van der Waals surface area contributed by atoms with Gasteiger partial charge in [-0.25, -0.2) is 0 Å². The molecule has 0 aromatic rings. The molecule has 0 heterocycles. The number of hydrogen-bond acceptors (Lipinski definition) is 1. The van der Waals surface area contributed by atoms with Gasteiger partial charge in [-0.2, -0.15) is 0 Å². The third-order valence-corrected chi connectivity index (χ3v) is 3.70. The van der Waals surface area contributed by atoms with Gasteiger partial charge in [0.1, 0.15) is 0 Å². The average Bonchev–Trinajstić information content (AvgIpc) is 2.60. The van der Waals surface area contributed by atoms with Gasteiger partial charge in [-0.05, 0) is 50.9 Å². The Bertz CT molecular complexity index is 205. The molecule has 0 saturated heterocycles. The van der Waals surface area contributed by atoms with E-state index in [4.69, 9.17) is 0 Å². The molecule has 2 fully saturated rings. The molecule has 2 aliphatic rings. The second kappa shape index (κ2) is 2.88. The molecule has 0 amide bonds. The van der Waals surface area contributed by atoms with E-state index in [0.717, 1.165) is 11.8 Å². The lowest BCUT2D eigenvalue weighted by Gasteiger charge is -2.26. The van der Waals surface area contributed by atoms with E-state index in [2.05, 4.69) is 13.0 Å². The van der Waals surface area contributed by atoms with Crippen LogP contribution in [0.25, 0.3) is 0 Å². The Morgan fingerprint density at radius 3 is 2.75 bits per heavy atom. The van der Waals surface area contributed by atoms with Crippen LogP contribution in [0, 0.1) is 17.8 Å². The predicted molar refractivity (Wildman–Crippen MR) is 49.8 cm³/mol. The Hall–Kier alpha value is -0.300. The molecule has 2 bridgehead atoms. The first-order valence-electron chi connectivity index (χ1n) is 5.05. The molecule has 68 valence electrons. The summed E-state index contributed by atoms with van der Waals surface area (Å²) in [6.45, 7) is 4.08. The van der Waals surface area contributed by atoms with E-state index in [9.17, 15) is 5.11 Å². The molecular weight excluding hydrogens is 148 g/mol. The molecule has 1 N–H and O–H groups in total. The summed E-state index contributed by atoms with van der Waals surface area (Å²) in [7, 11) is 0. The molecule has 1 heteroatoms. The Balaban J connectivity index is 2.14. The van der Waals surface area contributed by atoms with E-state index in [1.807, 2.05) is 6.92 Å². The van der Waals surface area contributed by atoms with Gasteiger partial charge in [-0.15, -0.1) is 0 Å². The van der Waals surface area contributed by atoms with E-state index in [0.29, 0.717) is 5.92 Å². The molecular formula is C11H18O. The normalized spacial score (nSPS) is 45.6. The summed E-state index contributed by atoms with van der Waals surface area (Å²) >= 11 is 0. The Labute approximate surface area is 74.5 Å². The SMILES string of the molecule is CC=C1C[C@H]2CC(C(C)O)[C@@H]1C2. The molecule has 0 aromatic heterocycles. The second-order valence-electron chi connectivity index (χ2n) is 4.42. The highest BCUT2D eigenvalue weighted by atomic mass is 16.3. The van der Waals surface area contributed by atoms with Crippen LogP contribution in [0.15, 0.2) is 11.6 Å². The van der Waals surface area contributed by atoms with E-state index >= 15 is 0 Å². The summed E-state index contributed by atoms with van der Waals surface area (Å²) in [5, 5.41) is 9.56. The first-order valence-corrected chi connectivity index (χ1v) is 5.05. The molecule has 0 radical (unpaired) electrons. The van der Waals surface area contributed by atoms with Crippen molar-refractivity contribution in [3.63, 3.8) is 0 Å². The molecule has 1 nitrogen and oxygen atoms in total. The van der Waals surface area contributed by atoms with Crippen LogP contribution < -0.4 is 0 Å². The largest absolute Gasteiger partial charge is 0.393 e. The summed E-state index contributed by atoms with van der Waals surface area (Å²) < 4.78 is 0. The number of rotatable bonds is 1. The minimum atomic E-state index is -0.102. The quantitative estimate of drug-likeness (QED) is 0.593. The van der Waals surface area contributed by atoms with Gasteiger partial charge in [0.2, 0.25) is 0 Å². The molecule has 0 aliphatic heterocycles. The molecule has 0 aromatic carbocycles. The molecule has 2 saturated carbocycles. The molecule has 12 heavy (non-hydrogen) atoms. The van der Waals surface area contributed by atoms with Crippen molar-refractivity contribution in [1.29, 1.82) is 0 Å². The lowest BCUT2D eigenvalue weighted by atomic mass is 9.82. The number of aliphatic hydroxyl groups excluding tert-OH is 1. The maximum atomic E-state index is 9.56. The Kier molecular flexibility index (Phi) is 1.99. The van der Waals surface area contributed by atoms with Gasteiger partial charge in [0.05, 0.1) is 6.10 Å². The zero-order chi connectivity index (χ0) is 8.72. The van der Waals surface area contributed by atoms with Crippen LogP contribution >= 0.6 is 0 Å². The molecule has 0 spiro atoms. The molecule has 4 atom stereocenters. The van der Waals surface area contributed by atoms with Crippen molar-refractivity contribution >= 4 is 0 Å². The van der Waals surface area contributed by atoms with Crippen LogP contribution in [0.4, 0.5) is 0 Å². The van der Waals surface area contributed by atoms with E-state index in [-0.39, 0.29) is 6.10 Å². The lowest BCUT2D eigenvalue weighted by molar-refractivity contribution is 0.104. The predicted octanol–water partition coefficient (Wildman–Crippen LogP) is 2.36. The van der Waals surface area contributed by atoms with Crippen LogP contribution in [0.2, 0.25) is 0 Å². The molecule has 2 aliphatic carbocycles. The summed E-state index contributed by atoms with van der Waals surface area (Å²) in [6.07, 6.45) is 6.08. The van der Waals surface area contributed by atoms with Crippen LogP contribution in [0.1, 0.15) is 33.1 Å². The van der Waals surface area contributed by atoms with Crippen LogP contribution in [-0.2, 0) is 0 Å². The van der Waals surface area contributed by atoms with E-state index in [1.165, 1.54) is 19.3 Å². The third kappa shape index (κ3) is 1.11. The van der Waals surface area contributed by atoms with Crippen LogP contribution in [0.5, 0.6) is 0 Å². The van der Waals surface area contributed by atoms with Gasteiger partial charge in [-0.1, -0.05) is 11.6 Å². The van der Waals surface area contributed by atoms with Crippen LogP contribution in [0.3, 0.4) is 0 Å². The highest BCUT2D eigenvalue weighted by Crippen LogP contribution is 2.52. The van der Waals surface area contributed by atoms with Gasteiger partial charge in [0.25, 0.3) is 0 Å². The number of aliphatic hydroxyl groups is 1. The topological polar surface area (TPSA) is 20.2 Å². The van der Waals surface area contributed by atoms with Crippen molar-refractivity contribution < 1.29 is 5.11 Å². The van der Waals surface area contributed by atoms with Gasteiger partial charge >= 0.3 is 0 Å². The summed E-state index contributed by atoms with van der Waals surface area (Å²) in [5.41, 5.74) is 1.61. The zero-order valence-corrected chi connectivity index (χ0v) is 7.96. The second-order valence-corrected chi connectivity index (χ2v) is 4.42. The van der Waals surface area contributed by atoms with Crippen molar-refractivity contribution in [3.8, 4) is 0 Å². The fourth-order valence-corrected chi connectivity index (χ4v) is 3.12. The number of hydrogen-bond donors (Lipinski definition) is 1.